The van der Waals surface area contributed by atoms with Crippen molar-refractivity contribution < 1.29 is 19.4 Å². The Morgan fingerprint density at radius 2 is 1.96 bits per heavy atom. The molecule has 1 heterocycles. The maximum Gasteiger partial charge on any atom is 0.221 e. The van der Waals surface area contributed by atoms with E-state index in [9.17, 15) is 9.90 Å². The number of anilines is 1. The van der Waals surface area contributed by atoms with E-state index in [2.05, 4.69) is 10.2 Å². The SMILES string of the molecule is CC(=O)Nc1ccc(OC[C@H](O)CN2C[C@H](C)O[C@@H](C)C2)cc1. The van der Waals surface area contributed by atoms with Crippen LogP contribution in [0.1, 0.15) is 20.8 Å². The number of ether oxygens (including phenoxy) is 2. The number of carbonyl (C=O) groups is 1. The van der Waals surface area contributed by atoms with Crippen LogP contribution in [-0.4, -0.2) is 60.5 Å². The van der Waals surface area contributed by atoms with Crippen LogP contribution in [-0.2, 0) is 9.53 Å². The fourth-order valence-electron chi connectivity index (χ4n) is 2.81. The van der Waals surface area contributed by atoms with Gasteiger partial charge in [0.2, 0.25) is 5.91 Å². The molecule has 0 radical (unpaired) electrons. The van der Waals surface area contributed by atoms with Gasteiger partial charge in [-0.1, -0.05) is 0 Å². The minimum atomic E-state index is -0.553. The Bertz CT molecular complexity index is 496. The van der Waals surface area contributed by atoms with Gasteiger partial charge in [-0.05, 0) is 38.1 Å². The third-order valence-corrected chi connectivity index (χ3v) is 3.58. The highest BCUT2D eigenvalue weighted by molar-refractivity contribution is 5.88. The van der Waals surface area contributed by atoms with E-state index >= 15 is 0 Å². The molecule has 1 aromatic carbocycles. The number of nitrogens with zero attached hydrogens (tertiary/aromatic N) is 1. The van der Waals surface area contributed by atoms with Gasteiger partial charge < -0.3 is 19.9 Å². The summed E-state index contributed by atoms with van der Waals surface area (Å²) in [6.45, 7) is 8.01. The highest BCUT2D eigenvalue weighted by Crippen LogP contribution is 2.16. The van der Waals surface area contributed by atoms with Crippen molar-refractivity contribution in [1.82, 2.24) is 4.90 Å². The first-order valence-electron chi connectivity index (χ1n) is 7.98. The molecule has 128 valence electrons. The van der Waals surface area contributed by atoms with Gasteiger partial charge in [0.15, 0.2) is 0 Å². The zero-order valence-electron chi connectivity index (χ0n) is 14.0. The van der Waals surface area contributed by atoms with Crippen LogP contribution in [0.2, 0.25) is 0 Å². The minimum absolute atomic E-state index is 0.108. The Morgan fingerprint density at radius 3 is 2.52 bits per heavy atom. The van der Waals surface area contributed by atoms with Crippen LogP contribution >= 0.6 is 0 Å². The van der Waals surface area contributed by atoms with E-state index in [-0.39, 0.29) is 24.7 Å². The second-order valence-electron chi connectivity index (χ2n) is 6.15. The molecule has 6 nitrogen and oxygen atoms in total. The van der Waals surface area contributed by atoms with E-state index in [1.54, 1.807) is 24.3 Å². The lowest BCUT2D eigenvalue weighted by molar-refractivity contribution is -0.114. The number of amides is 1. The summed E-state index contributed by atoms with van der Waals surface area (Å²) in [6.07, 6.45) is -0.177. The molecule has 0 unspecified atom stereocenters. The molecule has 0 spiro atoms. The third-order valence-electron chi connectivity index (χ3n) is 3.58. The number of morpholine rings is 1. The van der Waals surface area contributed by atoms with Crippen LogP contribution in [0.15, 0.2) is 24.3 Å². The van der Waals surface area contributed by atoms with Gasteiger partial charge in [0, 0.05) is 32.2 Å². The van der Waals surface area contributed by atoms with E-state index in [0.29, 0.717) is 12.3 Å². The van der Waals surface area contributed by atoms with Gasteiger partial charge >= 0.3 is 0 Å². The van der Waals surface area contributed by atoms with Crippen molar-refractivity contribution in [3.05, 3.63) is 24.3 Å². The predicted octanol–water partition coefficient (Wildman–Crippen LogP) is 1.49. The molecule has 1 aliphatic rings. The average molecular weight is 322 g/mol. The van der Waals surface area contributed by atoms with Crippen LogP contribution in [0, 0.1) is 0 Å². The number of benzene rings is 1. The topological polar surface area (TPSA) is 71.0 Å². The first-order chi connectivity index (χ1) is 10.9. The zero-order valence-corrected chi connectivity index (χ0v) is 14.0. The number of carbonyl (C=O) groups excluding carboxylic acids is 1. The molecule has 0 aromatic heterocycles. The first kappa shape index (κ1) is 17.7. The number of nitrogens with one attached hydrogen (secondary N) is 1. The molecule has 1 amide bonds. The summed E-state index contributed by atoms with van der Waals surface area (Å²) in [7, 11) is 0. The number of hydrogen-bond acceptors (Lipinski definition) is 5. The van der Waals surface area contributed by atoms with Crippen molar-refractivity contribution in [2.24, 2.45) is 0 Å². The Labute approximate surface area is 137 Å². The summed E-state index contributed by atoms with van der Waals surface area (Å²) < 4.78 is 11.3. The van der Waals surface area contributed by atoms with Gasteiger partial charge in [-0.15, -0.1) is 0 Å². The summed E-state index contributed by atoms with van der Waals surface area (Å²) >= 11 is 0. The summed E-state index contributed by atoms with van der Waals surface area (Å²) in [5.74, 6) is 0.560. The Balaban J connectivity index is 1.75. The number of rotatable bonds is 6. The first-order valence-corrected chi connectivity index (χ1v) is 7.98. The largest absolute Gasteiger partial charge is 0.491 e. The Morgan fingerprint density at radius 1 is 1.35 bits per heavy atom. The summed E-state index contributed by atoms with van der Waals surface area (Å²) in [5.41, 5.74) is 0.724. The summed E-state index contributed by atoms with van der Waals surface area (Å²) in [6, 6.07) is 7.09. The van der Waals surface area contributed by atoms with Crippen molar-refractivity contribution >= 4 is 11.6 Å². The third kappa shape index (κ3) is 6.17. The molecule has 6 heteroatoms. The quantitative estimate of drug-likeness (QED) is 0.830. The number of β-amino-alcohol motifs (C(OH)–C–C–N with tert-alkyl or cyclic N) is 1. The van der Waals surface area contributed by atoms with E-state index in [0.717, 1.165) is 18.8 Å². The van der Waals surface area contributed by atoms with Crippen molar-refractivity contribution in [2.45, 2.75) is 39.1 Å². The van der Waals surface area contributed by atoms with E-state index in [1.165, 1.54) is 6.92 Å². The maximum absolute atomic E-state index is 11.0. The van der Waals surface area contributed by atoms with Crippen LogP contribution < -0.4 is 10.1 Å². The van der Waals surface area contributed by atoms with Crippen LogP contribution in [0.25, 0.3) is 0 Å². The maximum atomic E-state index is 11.0. The van der Waals surface area contributed by atoms with E-state index < -0.39 is 6.10 Å². The Hall–Kier alpha value is -1.63. The fraction of sp³-hybridized carbons (Fsp3) is 0.588. The van der Waals surface area contributed by atoms with Crippen LogP contribution in [0.3, 0.4) is 0 Å². The molecule has 3 atom stereocenters. The smallest absolute Gasteiger partial charge is 0.221 e. The lowest BCUT2D eigenvalue weighted by Crippen LogP contribution is -2.48. The molecule has 2 rings (SSSR count). The molecule has 0 aliphatic carbocycles. The fourth-order valence-corrected chi connectivity index (χ4v) is 2.81. The molecule has 2 N–H and O–H groups in total. The number of aliphatic hydroxyl groups excluding tert-OH is 1. The molecule has 0 bridgehead atoms. The van der Waals surface area contributed by atoms with Gasteiger partial charge in [0.1, 0.15) is 18.5 Å². The van der Waals surface area contributed by atoms with Gasteiger partial charge in [0.25, 0.3) is 0 Å². The number of hydrogen-bond donors (Lipinski definition) is 2. The molecule has 1 saturated heterocycles. The molecule has 1 fully saturated rings. The summed E-state index contributed by atoms with van der Waals surface area (Å²) in [4.78, 5) is 13.2. The average Bonchev–Trinajstić information content (AvgIpc) is 2.45. The van der Waals surface area contributed by atoms with Gasteiger partial charge in [-0.2, -0.15) is 0 Å². The van der Waals surface area contributed by atoms with Crippen molar-refractivity contribution in [2.75, 3.05) is 31.6 Å². The normalized spacial score (nSPS) is 23.3. The van der Waals surface area contributed by atoms with E-state index in [1.807, 2.05) is 13.8 Å². The number of aliphatic hydroxyl groups is 1. The lowest BCUT2D eigenvalue weighted by atomic mass is 10.2. The second kappa shape index (κ2) is 8.29. The predicted molar refractivity (Wildman–Crippen MR) is 88.7 cm³/mol. The van der Waals surface area contributed by atoms with Gasteiger partial charge in [-0.3, -0.25) is 9.69 Å². The molecule has 0 saturated carbocycles. The molecular formula is C17H26N2O4. The van der Waals surface area contributed by atoms with Gasteiger partial charge in [0.05, 0.1) is 12.2 Å². The minimum Gasteiger partial charge on any atom is -0.491 e. The molecular weight excluding hydrogens is 296 g/mol. The lowest BCUT2D eigenvalue weighted by Gasteiger charge is -2.36. The monoisotopic (exact) mass is 322 g/mol. The molecule has 1 aromatic rings. The molecule has 1 aliphatic heterocycles. The Kier molecular flexibility index (Phi) is 6.38. The molecule has 23 heavy (non-hydrogen) atoms. The standard InChI is InChI=1S/C17H26N2O4/c1-12-8-19(9-13(2)23-12)10-16(21)11-22-17-6-4-15(5-7-17)18-14(3)20/h4-7,12-13,16,21H,8-11H2,1-3H3,(H,18,20)/t12-,13-,16+/m0/s1. The van der Waals surface area contributed by atoms with Crippen LogP contribution in [0.4, 0.5) is 5.69 Å². The van der Waals surface area contributed by atoms with Crippen LogP contribution in [0.5, 0.6) is 5.75 Å². The highest BCUT2D eigenvalue weighted by Gasteiger charge is 2.23. The summed E-state index contributed by atoms with van der Waals surface area (Å²) in [5, 5.41) is 12.8. The van der Waals surface area contributed by atoms with Crippen molar-refractivity contribution in [3.63, 3.8) is 0 Å². The van der Waals surface area contributed by atoms with E-state index in [4.69, 9.17) is 9.47 Å². The van der Waals surface area contributed by atoms with Gasteiger partial charge in [-0.25, -0.2) is 0 Å². The zero-order chi connectivity index (χ0) is 16.8. The van der Waals surface area contributed by atoms with Crippen molar-refractivity contribution in [3.8, 4) is 5.75 Å². The highest BCUT2D eigenvalue weighted by atomic mass is 16.5. The second-order valence-corrected chi connectivity index (χ2v) is 6.15. The van der Waals surface area contributed by atoms with Crippen molar-refractivity contribution in [1.29, 1.82) is 0 Å².